The third kappa shape index (κ3) is 6.22. The van der Waals surface area contributed by atoms with Crippen molar-refractivity contribution in [1.82, 2.24) is 14.9 Å². The highest BCUT2D eigenvalue weighted by molar-refractivity contribution is 7.91. The van der Waals surface area contributed by atoms with Crippen LogP contribution >= 0.6 is 11.3 Å². The molecule has 0 radical (unpaired) electrons. The Morgan fingerprint density at radius 1 is 1.00 bits per heavy atom. The zero-order valence-electron chi connectivity index (χ0n) is 19.1. The minimum absolute atomic E-state index is 0.262. The van der Waals surface area contributed by atoms with Crippen molar-refractivity contribution in [3.63, 3.8) is 0 Å². The zero-order valence-corrected chi connectivity index (χ0v) is 20.7. The molecule has 0 spiro atoms. The number of thiophene rings is 1. The Labute approximate surface area is 200 Å². The van der Waals surface area contributed by atoms with Gasteiger partial charge in [-0.3, -0.25) is 0 Å². The first-order valence-corrected chi connectivity index (χ1v) is 13.5. The fraction of sp³-hybridized carbons (Fsp3) is 0.360. The largest absolute Gasteiger partial charge is 0.496 e. The number of hydrogen-bond acceptors (Lipinski definition) is 6. The first-order chi connectivity index (χ1) is 15.9. The van der Waals surface area contributed by atoms with Crippen LogP contribution in [0.2, 0.25) is 0 Å². The van der Waals surface area contributed by atoms with Crippen LogP contribution in [-0.2, 0) is 23.1 Å². The van der Waals surface area contributed by atoms with Gasteiger partial charge in [-0.05, 0) is 68.4 Å². The Morgan fingerprint density at radius 2 is 1.76 bits per heavy atom. The van der Waals surface area contributed by atoms with Crippen molar-refractivity contribution in [3.05, 3.63) is 71.8 Å². The number of rotatable bonds is 9. The molecule has 33 heavy (non-hydrogen) atoms. The minimum atomic E-state index is -3.59. The molecule has 0 amide bonds. The number of piperidine rings is 1. The molecule has 0 bridgehead atoms. The summed E-state index contributed by atoms with van der Waals surface area (Å²) < 4.78 is 34.2. The van der Waals surface area contributed by atoms with Crippen molar-refractivity contribution in [2.75, 3.05) is 27.2 Å². The summed E-state index contributed by atoms with van der Waals surface area (Å²) in [5.74, 6) is 0.737. The highest BCUT2D eigenvalue weighted by Crippen LogP contribution is 2.37. The van der Waals surface area contributed by atoms with Gasteiger partial charge in [-0.1, -0.05) is 36.4 Å². The Bertz CT molecular complexity index is 1150. The summed E-state index contributed by atoms with van der Waals surface area (Å²) in [6.07, 6.45) is 2.31. The van der Waals surface area contributed by atoms with E-state index in [1.165, 1.54) is 11.3 Å². The lowest BCUT2D eigenvalue weighted by atomic mass is 10.0. The number of benzene rings is 2. The fourth-order valence-corrected chi connectivity index (χ4v) is 6.38. The van der Waals surface area contributed by atoms with Crippen LogP contribution in [0.5, 0.6) is 5.75 Å². The van der Waals surface area contributed by atoms with Gasteiger partial charge in [0.2, 0.25) is 10.0 Å². The molecule has 176 valence electrons. The maximum absolute atomic E-state index is 12.8. The smallest absolute Gasteiger partial charge is 0.250 e. The first kappa shape index (κ1) is 23.9. The number of sulfonamides is 1. The average Bonchev–Trinajstić information content (AvgIpc) is 3.34. The van der Waals surface area contributed by atoms with Gasteiger partial charge in [0.05, 0.1) is 7.11 Å². The van der Waals surface area contributed by atoms with Crippen LogP contribution in [0.1, 0.15) is 24.0 Å². The van der Waals surface area contributed by atoms with Gasteiger partial charge in [-0.25, -0.2) is 13.1 Å². The van der Waals surface area contributed by atoms with E-state index in [1.54, 1.807) is 13.2 Å². The Hall–Kier alpha value is -2.23. The molecule has 1 saturated heterocycles. The van der Waals surface area contributed by atoms with Crippen molar-refractivity contribution >= 4 is 21.4 Å². The van der Waals surface area contributed by atoms with Crippen molar-refractivity contribution in [2.24, 2.45) is 0 Å². The van der Waals surface area contributed by atoms with Crippen LogP contribution in [0.4, 0.5) is 0 Å². The Balaban J connectivity index is 1.47. The minimum Gasteiger partial charge on any atom is -0.496 e. The standard InChI is InChI=1S/C25H31N3O3S2/c1-28-14-12-21(13-15-28)26-17-20-8-9-23(31-2)22(16-20)24-10-11-25(32-24)33(29,30)27-18-19-6-4-3-5-7-19/h3-11,16,21,26-27H,12-15,17-18H2,1-2H3. The number of ether oxygens (including phenoxy) is 1. The molecule has 2 N–H and O–H groups in total. The molecule has 0 unspecified atom stereocenters. The van der Waals surface area contributed by atoms with Crippen LogP contribution in [-0.4, -0.2) is 46.6 Å². The molecule has 0 atom stereocenters. The van der Waals surface area contributed by atoms with Gasteiger partial charge in [-0.15, -0.1) is 11.3 Å². The van der Waals surface area contributed by atoms with E-state index in [1.807, 2.05) is 42.5 Å². The molecule has 0 aliphatic carbocycles. The van der Waals surface area contributed by atoms with E-state index in [0.29, 0.717) is 10.3 Å². The van der Waals surface area contributed by atoms with E-state index in [9.17, 15) is 8.42 Å². The van der Waals surface area contributed by atoms with E-state index >= 15 is 0 Å². The summed E-state index contributed by atoms with van der Waals surface area (Å²) in [6.45, 7) is 3.28. The number of methoxy groups -OCH3 is 1. The van der Waals surface area contributed by atoms with Crippen LogP contribution in [0.25, 0.3) is 10.4 Å². The molecular weight excluding hydrogens is 454 g/mol. The number of nitrogens with one attached hydrogen (secondary N) is 2. The molecule has 1 aliphatic rings. The second-order valence-electron chi connectivity index (χ2n) is 8.42. The van der Waals surface area contributed by atoms with Crippen LogP contribution in [0.15, 0.2) is 64.9 Å². The fourth-order valence-electron chi connectivity index (χ4n) is 3.99. The van der Waals surface area contributed by atoms with Gasteiger partial charge in [0.1, 0.15) is 9.96 Å². The van der Waals surface area contributed by atoms with Gasteiger partial charge >= 0.3 is 0 Å². The highest BCUT2D eigenvalue weighted by atomic mass is 32.2. The van der Waals surface area contributed by atoms with E-state index in [-0.39, 0.29) is 6.54 Å². The van der Waals surface area contributed by atoms with E-state index in [0.717, 1.165) is 59.8 Å². The number of hydrogen-bond donors (Lipinski definition) is 2. The van der Waals surface area contributed by atoms with E-state index in [4.69, 9.17) is 4.74 Å². The van der Waals surface area contributed by atoms with Crippen molar-refractivity contribution in [2.45, 2.75) is 36.2 Å². The molecule has 1 aliphatic heterocycles. The lowest BCUT2D eigenvalue weighted by Gasteiger charge is -2.29. The molecule has 6 nitrogen and oxygen atoms in total. The average molecular weight is 486 g/mol. The molecule has 2 heterocycles. The predicted octanol–water partition coefficient (Wildman–Crippen LogP) is 4.09. The van der Waals surface area contributed by atoms with Crippen molar-refractivity contribution < 1.29 is 13.2 Å². The molecule has 4 rings (SSSR count). The zero-order chi connectivity index (χ0) is 23.3. The second kappa shape index (κ2) is 10.8. The molecule has 3 aromatic rings. The molecule has 1 aromatic heterocycles. The maximum Gasteiger partial charge on any atom is 0.250 e. The monoisotopic (exact) mass is 485 g/mol. The molecule has 1 fully saturated rings. The summed E-state index contributed by atoms with van der Waals surface area (Å²) in [7, 11) is 0.213. The van der Waals surface area contributed by atoms with Gasteiger partial charge in [-0.2, -0.15) is 0 Å². The molecule has 2 aromatic carbocycles. The lowest BCUT2D eigenvalue weighted by Crippen LogP contribution is -2.40. The summed E-state index contributed by atoms with van der Waals surface area (Å²) >= 11 is 1.26. The Morgan fingerprint density at radius 3 is 2.48 bits per heavy atom. The predicted molar refractivity (Wildman–Crippen MR) is 134 cm³/mol. The van der Waals surface area contributed by atoms with Crippen molar-refractivity contribution in [3.8, 4) is 16.2 Å². The summed E-state index contributed by atoms with van der Waals surface area (Å²) in [6, 6.07) is 19.7. The van der Waals surface area contributed by atoms with Crippen LogP contribution in [0, 0.1) is 0 Å². The highest BCUT2D eigenvalue weighted by Gasteiger charge is 2.19. The molecular formula is C25H31N3O3S2. The quantitative estimate of drug-likeness (QED) is 0.478. The number of nitrogens with zero attached hydrogens (tertiary/aromatic N) is 1. The van der Waals surface area contributed by atoms with Crippen molar-refractivity contribution in [1.29, 1.82) is 0 Å². The van der Waals surface area contributed by atoms with Gasteiger partial charge < -0.3 is 15.0 Å². The second-order valence-corrected chi connectivity index (χ2v) is 11.5. The third-order valence-corrected chi connectivity index (χ3v) is 9.01. The SMILES string of the molecule is COc1ccc(CNC2CCN(C)CC2)cc1-c1ccc(S(=O)(=O)NCc2ccccc2)s1. The maximum atomic E-state index is 12.8. The third-order valence-electron chi connectivity index (χ3n) is 6.00. The van der Waals surface area contributed by atoms with Crippen LogP contribution < -0.4 is 14.8 Å². The van der Waals surface area contributed by atoms with Gasteiger partial charge in [0.25, 0.3) is 0 Å². The summed E-state index contributed by atoms with van der Waals surface area (Å²) in [5, 5.41) is 3.67. The topological polar surface area (TPSA) is 70.7 Å². The summed E-state index contributed by atoms with van der Waals surface area (Å²) in [5.41, 5.74) is 2.99. The molecule has 0 saturated carbocycles. The van der Waals surface area contributed by atoms with E-state index in [2.05, 4.69) is 34.1 Å². The molecule has 8 heteroatoms. The van der Waals surface area contributed by atoms with Gasteiger partial charge in [0.15, 0.2) is 0 Å². The van der Waals surface area contributed by atoms with Gasteiger partial charge in [0, 0.05) is 29.6 Å². The van der Waals surface area contributed by atoms with Crippen LogP contribution in [0.3, 0.4) is 0 Å². The van der Waals surface area contributed by atoms with E-state index < -0.39 is 10.0 Å². The Kier molecular flexibility index (Phi) is 7.82. The lowest BCUT2D eigenvalue weighted by molar-refractivity contribution is 0.234. The number of likely N-dealkylation sites (tertiary alicyclic amines) is 1. The normalized spacial score (nSPS) is 15.6. The summed E-state index contributed by atoms with van der Waals surface area (Å²) in [4.78, 5) is 3.23. The first-order valence-electron chi connectivity index (χ1n) is 11.2.